The lowest BCUT2D eigenvalue weighted by molar-refractivity contribution is -0.137. The number of hydrogen-bond donors (Lipinski definition) is 2. The van der Waals surface area contributed by atoms with Gasteiger partial charge in [-0.25, -0.2) is 4.79 Å². The van der Waals surface area contributed by atoms with E-state index >= 15 is 0 Å². The zero-order chi connectivity index (χ0) is 16.0. The number of rotatable bonds is 6. The van der Waals surface area contributed by atoms with Crippen LogP contribution in [-0.4, -0.2) is 24.4 Å². The number of hydrogen-bond acceptors (Lipinski definition) is 5. The molecular formula is C14H18N2O4S. The van der Waals surface area contributed by atoms with Gasteiger partial charge in [0.2, 0.25) is 5.91 Å². The van der Waals surface area contributed by atoms with E-state index in [0.29, 0.717) is 17.0 Å². The number of aryl methyl sites for hydroxylation is 1. The van der Waals surface area contributed by atoms with Gasteiger partial charge in [-0.3, -0.25) is 9.59 Å². The Balaban J connectivity index is 2.91. The number of nitrogens with two attached hydrogens (primary N) is 1. The molecular weight excluding hydrogens is 292 g/mol. The van der Waals surface area contributed by atoms with Gasteiger partial charge in [-0.1, -0.05) is 6.92 Å². The van der Waals surface area contributed by atoms with Crippen LogP contribution >= 0.6 is 11.3 Å². The largest absolute Gasteiger partial charge is 0.463 e. The maximum absolute atomic E-state index is 11.8. The molecule has 7 heteroatoms. The normalized spacial score (nSPS) is 10.6. The number of thiophene rings is 1. The van der Waals surface area contributed by atoms with Crippen LogP contribution in [0, 0.1) is 6.92 Å². The molecule has 6 nitrogen and oxygen atoms in total. The van der Waals surface area contributed by atoms with E-state index in [1.165, 1.54) is 11.3 Å². The van der Waals surface area contributed by atoms with Gasteiger partial charge in [0.15, 0.2) is 0 Å². The summed E-state index contributed by atoms with van der Waals surface area (Å²) in [7, 11) is 0. The number of nitrogens with one attached hydrogen (secondary N) is 1. The van der Waals surface area contributed by atoms with Crippen LogP contribution in [0.2, 0.25) is 0 Å². The third kappa shape index (κ3) is 4.42. The Morgan fingerprint density at radius 1 is 1.29 bits per heavy atom. The van der Waals surface area contributed by atoms with Crippen molar-refractivity contribution in [3.63, 3.8) is 0 Å². The molecule has 0 saturated carbocycles. The average molecular weight is 310 g/mol. The topological polar surface area (TPSA) is 98.5 Å². The highest BCUT2D eigenvalue weighted by Gasteiger charge is 2.19. The summed E-state index contributed by atoms with van der Waals surface area (Å²) in [6.45, 7) is 5.68. The average Bonchev–Trinajstić information content (AvgIpc) is 2.72. The highest BCUT2D eigenvalue weighted by Crippen LogP contribution is 2.33. The monoisotopic (exact) mass is 310 g/mol. The van der Waals surface area contributed by atoms with Crippen molar-refractivity contribution in [3.8, 4) is 0 Å². The van der Waals surface area contributed by atoms with E-state index in [1.807, 2.05) is 13.8 Å². The zero-order valence-corrected chi connectivity index (χ0v) is 13.0. The molecule has 21 heavy (non-hydrogen) atoms. The second kappa shape index (κ2) is 7.58. The predicted octanol–water partition coefficient (Wildman–Crippen LogP) is 1.78. The smallest absolute Gasteiger partial charge is 0.330 e. The minimum Gasteiger partial charge on any atom is -0.463 e. The summed E-state index contributed by atoms with van der Waals surface area (Å²) in [5.74, 6) is -1.70. The first kappa shape index (κ1) is 16.9. The van der Waals surface area contributed by atoms with E-state index in [2.05, 4.69) is 10.1 Å². The lowest BCUT2D eigenvalue weighted by atomic mass is 10.1. The van der Waals surface area contributed by atoms with Crippen LogP contribution in [0.4, 0.5) is 5.00 Å². The summed E-state index contributed by atoms with van der Waals surface area (Å²) < 4.78 is 4.67. The molecule has 2 amide bonds. The Hall–Kier alpha value is -2.15. The predicted molar refractivity (Wildman–Crippen MR) is 81.4 cm³/mol. The second-order valence-electron chi connectivity index (χ2n) is 4.13. The van der Waals surface area contributed by atoms with Crippen LogP contribution in [0.15, 0.2) is 12.2 Å². The third-order valence-electron chi connectivity index (χ3n) is 2.70. The van der Waals surface area contributed by atoms with Crippen molar-refractivity contribution < 1.29 is 19.1 Å². The first-order chi connectivity index (χ1) is 9.90. The molecule has 114 valence electrons. The van der Waals surface area contributed by atoms with Crippen LogP contribution < -0.4 is 11.1 Å². The van der Waals surface area contributed by atoms with E-state index in [1.54, 1.807) is 6.92 Å². The maximum Gasteiger partial charge on any atom is 0.330 e. The first-order valence-electron chi connectivity index (χ1n) is 6.48. The molecule has 1 aromatic rings. The number of ether oxygens (including phenoxy) is 1. The van der Waals surface area contributed by atoms with Gasteiger partial charge in [-0.2, -0.15) is 0 Å². The molecule has 0 aliphatic rings. The molecule has 0 unspecified atom stereocenters. The van der Waals surface area contributed by atoms with Gasteiger partial charge < -0.3 is 15.8 Å². The minimum atomic E-state index is -0.598. The lowest BCUT2D eigenvalue weighted by Gasteiger charge is -2.03. The molecule has 0 radical (unpaired) electrons. The van der Waals surface area contributed by atoms with E-state index in [-0.39, 0.29) is 6.61 Å². The minimum absolute atomic E-state index is 0.237. The molecule has 1 heterocycles. The van der Waals surface area contributed by atoms with Gasteiger partial charge in [0.05, 0.1) is 12.2 Å². The summed E-state index contributed by atoms with van der Waals surface area (Å²) in [5.41, 5.74) is 6.53. The molecule has 1 rings (SSSR count). The number of esters is 1. The molecule has 0 aliphatic carbocycles. The first-order valence-corrected chi connectivity index (χ1v) is 7.30. The van der Waals surface area contributed by atoms with Crippen LogP contribution in [0.5, 0.6) is 0 Å². The summed E-state index contributed by atoms with van der Waals surface area (Å²) in [6.07, 6.45) is 2.74. The van der Waals surface area contributed by atoms with Crippen molar-refractivity contribution in [2.75, 3.05) is 11.9 Å². The van der Waals surface area contributed by atoms with Crippen molar-refractivity contribution in [3.05, 3.63) is 28.2 Å². The number of primary amides is 1. The number of carbonyl (C=O) groups is 3. The highest BCUT2D eigenvalue weighted by atomic mass is 32.1. The maximum atomic E-state index is 11.8. The quantitative estimate of drug-likeness (QED) is 0.618. The Labute approximate surface area is 127 Å². The summed E-state index contributed by atoms with van der Waals surface area (Å²) in [4.78, 5) is 35.3. The van der Waals surface area contributed by atoms with Gasteiger partial charge >= 0.3 is 5.97 Å². The fourth-order valence-corrected chi connectivity index (χ4v) is 2.99. The van der Waals surface area contributed by atoms with Crippen LogP contribution in [0.3, 0.4) is 0 Å². The van der Waals surface area contributed by atoms with E-state index in [4.69, 9.17) is 5.73 Å². The SMILES string of the molecule is CCOC(=O)/C=C/C(=O)Nc1sc(C)c(CC)c1C(N)=O. The number of carbonyl (C=O) groups excluding carboxylic acids is 3. The standard InChI is InChI=1S/C14H18N2O4S/c1-4-9-8(3)21-14(12(9)13(15)19)16-10(17)6-7-11(18)20-5-2/h6-7H,4-5H2,1-3H3,(H2,15,19)(H,16,17)/b7-6+. The summed E-state index contributed by atoms with van der Waals surface area (Å²) in [5, 5.41) is 2.97. The second-order valence-corrected chi connectivity index (χ2v) is 5.36. The zero-order valence-electron chi connectivity index (χ0n) is 12.2. The van der Waals surface area contributed by atoms with Crippen molar-refractivity contribution in [2.24, 2.45) is 5.73 Å². The van der Waals surface area contributed by atoms with Gasteiger partial charge in [0, 0.05) is 17.0 Å². The van der Waals surface area contributed by atoms with Gasteiger partial charge in [-0.05, 0) is 25.8 Å². The fourth-order valence-electron chi connectivity index (χ4n) is 1.84. The molecule has 0 atom stereocenters. The molecule has 0 bridgehead atoms. The van der Waals surface area contributed by atoms with E-state index in [9.17, 15) is 14.4 Å². The van der Waals surface area contributed by atoms with E-state index in [0.717, 1.165) is 22.6 Å². The van der Waals surface area contributed by atoms with Crippen LogP contribution in [0.1, 0.15) is 34.6 Å². The van der Waals surface area contributed by atoms with Crippen molar-refractivity contribution in [2.45, 2.75) is 27.2 Å². The molecule has 0 saturated heterocycles. The van der Waals surface area contributed by atoms with Crippen molar-refractivity contribution in [1.82, 2.24) is 0 Å². The number of anilines is 1. The molecule has 0 fully saturated rings. The summed E-state index contributed by atoms with van der Waals surface area (Å²) >= 11 is 1.28. The molecule has 3 N–H and O–H groups in total. The molecule has 0 aromatic carbocycles. The Bertz CT molecular complexity index is 590. The van der Waals surface area contributed by atoms with Crippen molar-refractivity contribution in [1.29, 1.82) is 0 Å². The molecule has 0 spiro atoms. The number of amides is 2. The van der Waals surface area contributed by atoms with E-state index < -0.39 is 17.8 Å². The Morgan fingerprint density at radius 2 is 1.95 bits per heavy atom. The van der Waals surface area contributed by atoms with Crippen LogP contribution in [0.25, 0.3) is 0 Å². The highest BCUT2D eigenvalue weighted by molar-refractivity contribution is 7.16. The Morgan fingerprint density at radius 3 is 2.48 bits per heavy atom. The van der Waals surface area contributed by atoms with Crippen molar-refractivity contribution >= 4 is 34.1 Å². The third-order valence-corrected chi connectivity index (χ3v) is 3.77. The van der Waals surface area contributed by atoms with Gasteiger partial charge in [-0.15, -0.1) is 11.3 Å². The fraction of sp³-hybridized carbons (Fsp3) is 0.357. The molecule has 0 aliphatic heterocycles. The van der Waals surface area contributed by atoms with Gasteiger partial charge in [0.25, 0.3) is 5.91 Å². The summed E-state index contributed by atoms with van der Waals surface area (Å²) in [6, 6.07) is 0. The molecule has 1 aromatic heterocycles. The van der Waals surface area contributed by atoms with Crippen LogP contribution in [-0.2, 0) is 20.7 Å². The lowest BCUT2D eigenvalue weighted by Crippen LogP contribution is -2.17. The van der Waals surface area contributed by atoms with Gasteiger partial charge in [0.1, 0.15) is 5.00 Å². The Kier molecular flexibility index (Phi) is 6.10.